The molecular formula is C27H26FN3O2. The number of nitrogens with zero attached hydrogens (tertiary/aromatic N) is 3. The topological polar surface area (TPSA) is 43.9 Å². The smallest absolute Gasteiger partial charge is 0.251 e. The second-order valence-corrected chi connectivity index (χ2v) is 8.56. The van der Waals surface area contributed by atoms with E-state index < -0.39 is 11.9 Å². The van der Waals surface area contributed by atoms with E-state index in [2.05, 4.69) is 58.3 Å². The quantitative estimate of drug-likeness (QED) is 0.562. The number of hydrogen-bond acceptors (Lipinski definition) is 4. The molecule has 2 saturated heterocycles. The molecule has 2 amide bonds. The van der Waals surface area contributed by atoms with Gasteiger partial charge >= 0.3 is 0 Å². The van der Waals surface area contributed by atoms with E-state index in [1.807, 2.05) is 12.1 Å². The first kappa shape index (κ1) is 21.5. The maximum absolute atomic E-state index is 13.3. The van der Waals surface area contributed by atoms with Crippen LogP contribution in [-0.2, 0) is 9.59 Å². The molecule has 3 aromatic carbocycles. The summed E-state index contributed by atoms with van der Waals surface area (Å²) in [5, 5.41) is 0. The van der Waals surface area contributed by atoms with Gasteiger partial charge in [0, 0.05) is 26.2 Å². The lowest BCUT2D eigenvalue weighted by Crippen LogP contribution is -2.53. The molecule has 0 radical (unpaired) electrons. The lowest BCUT2D eigenvalue weighted by molar-refractivity contribution is -0.123. The summed E-state index contributed by atoms with van der Waals surface area (Å²) in [6.07, 6.45) is 0.164. The molecule has 33 heavy (non-hydrogen) atoms. The molecule has 0 saturated carbocycles. The van der Waals surface area contributed by atoms with E-state index in [1.54, 1.807) is 0 Å². The van der Waals surface area contributed by atoms with Gasteiger partial charge in [0.1, 0.15) is 5.82 Å². The number of amides is 2. The largest absolute Gasteiger partial charge is 0.290 e. The molecule has 0 bridgehead atoms. The lowest BCUT2D eigenvalue weighted by atomic mass is 9.96. The monoisotopic (exact) mass is 443 g/mol. The zero-order valence-electron chi connectivity index (χ0n) is 18.3. The number of carbonyl (C=O) groups is 2. The van der Waals surface area contributed by atoms with Crippen molar-refractivity contribution in [3.63, 3.8) is 0 Å². The first-order chi connectivity index (χ1) is 16.1. The fourth-order valence-electron chi connectivity index (χ4n) is 4.95. The van der Waals surface area contributed by atoms with Gasteiger partial charge < -0.3 is 0 Å². The van der Waals surface area contributed by atoms with Crippen molar-refractivity contribution >= 4 is 17.5 Å². The van der Waals surface area contributed by atoms with Crippen molar-refractivity contribution in [2.45, 2.75) is 18.5 Å². The molecule has 0 aliphatic carbocycles. The number of hydrogen-bond donors (Lipinski definition) is 0. The van der Waals surface area contributed by atoms with E-state index in [-0.39, 0.29) is 24.3 Å². The van der Waals surface area contributed by atoms with Gasteiger partial charge in [-0.25, -0.2) is 9.29 Å². The first-order valence-electron chi connectivity index (χ1n) is 11.3. The Balaban J connectivity index is 1.31. The van der Waals surface area contributed by atoms with Crippen LogP contribution in [0.1, 0.15) is 23.6 Å². The van der Waals surface area contributed by atoms with Crippen LogP contribution in [0.5, 0.6) is 0 Å². The summed E-state index contributed by atoms with van der Waals surface area (Å²) in [6.45, 7) is 3.00. The van der Waals surface area contributed by atoms with Crippen molar-refractivity contribution in [3.8, 4) is 0 Å². The summed E-state index contributed by atoms with van der Waals surface area (Å²) in [5.41, 5.74) is 2.92. The minimum absolute atomic E-state index is 0.145. The third kappa shape index (κ3) is 4.32. The molecule has 0 aromatic heterocycles. The van der Waals surface area contributed by atoms with Crippen molar-refractivity contribution in [3.05, 3.63) is 102 Å². The van der Waals surface area contributed by atoms with E-state index in [9.17, 15) is 14.0 Å². The summed E-state index contributed by atoms with van der Waals surface area (Å²) in [6, 6.07) is 26.1. The van der Waals surface area contributed by atoms with Crippen molar-refractivity contribution in [1.82, 2.24) is 9.80 Å². The molecule has 2 fully saturated rings. The summed E-state index contributed by atoms with van der Waals surface area (Å²) in [5.74, 6) is -0.842. The van der Waals surface area contributed by atoms with Crippen LogP contribution in [0.25, 0.3) is 0 Å². The second-order valence-electron chi connectivity index (χ2n) is 8.56. The van der Waals surface area contributed by atoms with Gasteiger partial charge in [0.05, 0.1) is 24.2 Å². The highest BCUT2D eigenvalue weighted by Crippen LogP contribution is 2.31. The van der Waals surface area contributed by atoms with Gasteiger partial charge in [-0.3, -0.25) is 19.4 Å². The molecule has 0 N–H and O–H groups in total. The molecule has 0 spiro atoms. The minimum Gasteiger partial charge on any atom is -0.290 e. The van der Waals surface area contributed by atoms with E-state index >= 15 is 0 Å². The summed E-state index contributed by atoms with van der Waals surface area (Å²) < 4.78 is 13.3. The third-order valence-corrected chi connectivity index (χ3v) is 6.59. The average Bonchev–Trinajstić information content (AvgIpc) is 3.15. The molecule has 2 heterocycles. The number of carbonyl (C=O) groups excluding carboxylic acids is 2. The van der Waals surface area contributed by atoms with Crippen LogP contribution in [0.2, 0.25) is 0 Å². The third-order valence-electron chi connectivity index (χ3n) is 6.59. The maximum Gasteiger partial charge on any atom is 0.251 e. The van der Waals surface area contributed by atoms with Crippen LogP contribution >= 0.6 is 0 Å². The van der Waals surface area contributed by atoms with Crippen molar-refractivity contribution in [2.24, 2.45) is 0 Å². The molecule has 3 aromatic rings. The molecule has 1 atom stereocenters. The number of anilines is 1. The van der Waals surface area contributed by atoms with Crippen LogP contribution < -0.4 is 4.90 Å². The zero-order valence-corrected chi connectivity index (χ0v) is 18.3. The average molecular weight is 444 g/mol. The Morgan fingerprint density at radius 2 is 1.27 bits per heavy atom. The predicted molar refractivity (Wildman–Crippen MR) is 125 cm³/mol. The number of imide groups is 1. The Morgan fingerprint density at radius 3 is 1.82 bits per heavy atom. The Bertz CT molecular complexity index is 1070. The fraction of sp³-hybridized carbons (Fsp3) is 0.259. The molecule has 168 valence electrons. The molecule has 5 nitrogen and oxygen atoms in total. The van der Waals surface area contributed by atoms with Crippen LogP contribution in [-0.4, -0.2) is 53.8 Å². The van der Waals surface area contributed by atoms with Gasteiger partial charge in [-0.1, -0.05) is 60.7 Å². The summed E-state index contributed by atoms with van der Waals surface area (Å²) in [4.78, 5) is 31.5. The maximum atomic E-state index is 13.3. The molecule has 2 aliphatic heterocycles. The van der Waals surface area contributed by atoms with E-state index in [4.69, 9.17) is 0 Å². The Kier molecular flexibility index (Phi) is 6.03. The molecular weight excluding hydrogens is 417 g/mol. The second kappa shape index (κ2) is 9.25. The first-order valence-corrected chi connectivity index (χ1v) is 11.3. The van der Waals surface area contributed by atoms with Gasteiger partial charge in [-0.2, -0.15) is 0 Å². The van der Waals surface area contributed by atoms with E-state index in [0.29, 0.717) is 18.8 Å². The molecule has 5 rings (SSSR count). The van der Waals surface area contributed by atoms with Crippen LogP contribution in [0.3, 0.4) is 0 Å². The van der Waals surface area contributed by atoms with E-state index in [0.717, 1.165) is 13.1 Å². The van der Waals surface area contributed by atoms with Crippen molar-refractivity contribution < 1.29 is 14.0 Å². The van der Waals surface area contributed by atoms with Crippen molar-refractivity contribution in [1.29, 1.82) is 0 Å². The number of piperazine rings is 1. The van der Waals surface area contributed by atoms with Gasteiger partial charge in [0.25, 0.3) is 5.91 Å². The standard InChI is InChI=1S/C27H26FN3O2/c28-22-11-13-23(14-12-22)31-25(32)19-24(27(31)33)29-15-17-30(18-16-29)26(20-7-3-1-4-8-20)21-9-5-2-6-10-21/h1-14,24,26H,15-19H2. The van der Waals surface area contributed by atoms with Gasteiger partial charge in [-0.05, 0) is 35.4 Å². The van der Waals surface area contributed by atoms with Gasteiger partial charge in [-0.15, -0.1) is 0 Å². The number of benzene rings is 3. The highest BCUT2D eigenvalue weighted by Gasteiger charge is 2.43. The predicted octanol–water partition coefficient (Wildman–Crippen LogP) is 3.86. The SMILES string of the molecule is O=C1CC(N2CCN(C(c3ccccc3)c3ccccc3)CC2)C(=O)N1c1ccc(F)cc1. The van der Waals surface area contributed by atoms with Crippen LogP contribution in [0.4, 0.5) is 10.1 Å². The number of rotatable bonds is 5. The van der Waals surface area contributed by atoms with Gasteiger partial charge in [0.2, 0.25) is 5.91 Å². The fourth-order valence-corrected chi connectivity index (χ4v) is 4.95. The molecule has 6 heteroatoms. The highest BCUT2D eigenvalue weighted by molar-refractivity contribution is 6.22. The van der Waals surface area contributed by atoms with Crippen LogP contribution in [0, 0.1) is 5.82 Å². The van der Waals surface area contributed by atoms with Crippen LogP contribution in [0.15, 0.2) is 84.9 Å². The Labute approximate surface area is 193 Å². The van der Waals surface area contributed by atoms with Gasteiger partial charge in [0.15, 0.2) is 0 Å². The zero-order chi connectivity index (χ0) is 22.8. The Morgan fingerprint density at radius 1 is 0.727 bits per heavy atom. The van der Waals surface area contributed by atoms with Crippen molar-refractivity contribution in [2.75, 3.05) is 31.1 Å². The number of halogens is 1. The lowest BCUT2D eigenvalue weighted by Gasteiger charge is -2.41. The summed E-state index contributed by atoms with van der Waals surface area (Å²) in [7, 11) is 0. The normalized spacial score (nSPS) is 20.1. The molecule has 2 aliphatic rings. The molecule has 1 unspecified atom stereocenters. The minimum atomic E-state index is -0.461. The highest BCUT2D eigenvalue weighted by atomic mass is 19.1. The summed E-state index contributed by atoms with van der Waals surface area (Å²) >= 11 is 0. The Hall–Kier alpha value is -3.35. The van der Waals surface area contributed by atoms with E-state index in [1.165, 1.54) is 40.3 Å².